The Morgan fingerprint density at radius 3 is 1.73 bits per heavy atom. The van der Waals surface area contributed by atoms with Crippen LogP contribution in [0.2, 0.25) is 0 Å². The normalized spacial score (nSPS) is 11.1. The summed E-state index contributed by atoms with van der Waals surface area (Å²) in [7, 11) is 0. The first-order valence-electron chi connectivity index (χ1n) is 16.6. The molecule has 0 aliphatic heterocycles. The summed E-state index contributed by atoms with van der Waals surface area (Å²) in [6.45, 7) is 0. The van der Waals surface area contributed by atoms with Crippen molar-refractivity contribution in [2.75, 3.05) is 0 Å². The Morgan fingerprint density at radius 2 is 1.00 bits per heavy atom. The van der Waals surface area contributed by atoms with Gasteiger partial charge in [0.05, 0.1) is 11.6 Å². The quantitative estimate of drug-likeness (QED) is 0.177. The third-order valence-corrected chi connectivity index (χ3v) is 9.10. The van der Waals surface area contributed by atoms with Crippen LogP contribution in [0.25, 0.3) is 89.5 Å². The molecule has 3 heterocycles. The molecular formula is C45H27N5O. The minimum Gasteiger partial charge on any atom is -0.456 e. The van der Waals surface area contributed by atoms with E-state index < -0.39 is 0 Å². The van der Waals surface area contributed by atoms with Gasteiger partial charge >= 0.3 is 0 Å². The first-order valence-corrected chi connectivity index (χ1v) is 16.6. The van der Waals surface area contributed by atoms with E-state index in [2.05, 4.69) is 53.5 Å². The van der Waals surface area contributed by atoms with Crippen molar-refractivity contribution in [1.82, 2.24) is 19.9 Å². The number of nitrogens with zero attached hydrogens (tertiary/aromatic N) is 5. The first kappa shape index (κ1) is 29.9. The average molecular weight is 654 g/mol. The van der Waals surface area contributed by atoms with Crippen LogP contribution in [0.5, 0.6) is 0 Å². The molecule has 9 rings (SSSR count). The Kier molecular flexibility index (Phi) is 7.42. The molecule has 0 radical (unpaired) electrons. The molecule has 0 aliphatic carbocycles. The second kappa shape index (κ2) is 12.7. The third kappa shape index (κ3) is 5.69. The molecule has 3 aromatic heterocycles. The number of aromatic nitrogens is 4. The number of rotatable bonds is 6. The van der Waals surface area contributed by atoms with Gasteiger partial charge in [0, 0.05) is 39.9 Å². The van der Waals surface area contributed by atoms with Gasteiger partial charge in [-0.2, -0.15) is 5.26 Å². The molecule has 6 aromatic carbocycles. The standard InChI is InChI=1S/C45H27N5O/c46-28-29-12-14-30(15-13-29)31-16-18-34(19-17-31)44-48-43(33-6-2-1-3-7-33)49-45(50-44)37-20-21-39-41(27-37)51-40-11-5-10-38(42(39)40)36-9-4-8-35(26-36)32-22-24-47-25-23-32/h1-27H. The summed E-state index contributed by atoms with van der Waals surface area (Å²) < 4.78 is 6.49. The molecule has 0 N–H and O–H groups in total. The molecule has 6 heteroatoms. The Hall–Kier alpha value is -7.23. The van der Waals surface area contributed by atoms with Crippen molar-refractivity contribution in [3.63, 3.8) is 0 Å². The van der Waals surface area contributed by atoms with E-state index in [0.29, 0.717) is 23.0 Å². The van der Waals surface area contributed by atoms with E-state index in [0.717, 1.165) is 72.0 Å². The lowest BCUT2D eigenvalue weighted by molar-refractivity contribution is 0.669. The number of pyridine rings is 1. The smallest absolute Gasteiger partial charge is 0.164 e. The maximum atomic E-state index is 9.18. The van der Waals surface area contributed by atoms with E-state index in [9.17, 15) is 5.26 Å². The molecule has 0 atom stereocenters. The fourth-order valence-corrected chi connectivity index (χ4v) is 6.52. The van der Waals surface area contributed by atoms with Crippen LogP contribution in [-0.4, -0.2) is 19.9 Å². The predicted octanol–water partition coefficient (Wildman–Crippen LogP) is 11.0. The number of hydrogen-bond acceptors (Lipinski definition) is 6. The molecule has 6 nitrogen and oxygen atoms in total. The molecule has 0 amide bonds. The van der Waals surface area contributed by atoms with E-state index in [-0.39, 0.29) is 0 Å². The van der Waals surface area contributed by atoms with Gasteiger partial charge in [0.15, 0.2) is 17.5 Å². The van der Waals surface area contributed by atoms with Crippen LogP contribution < -0.4 is 0 Å². The summed E-state index contributed by atoms with van der Waals surface area (Å²) >= 11 is 0. The molecule has 238 valence electrons. The molecule has 0 spiro atoms. The van der Waals surface area contributed by atoms with Gasteiger partial charge in [-0.1, -0.05) is 103 Å². The van der Waals surface area contributed by atoms with Crippen molar-refractivity contribution in [1.29, 1.82) is 5.26 Å². The number of fused-ring (bicyclic) bond motifs is 3. The van der Waals surface area contributed by atoms with Crippen LogP contribution in [0, 0.1) is 11.3 Å². The lowest BCUT2D eigenvalue weighted by Crippen LogP contribution is -2.00. The van der Waals surface area contributed by atoms with Crippen molar-refractivity contribution in [2.45, 2.75) is 0 Å². The summed E-state index contributed by atoms with van der Waals surface area (Å²) in [5, 5.41) is 11.3. The van der Waals surface area contributed by atoms with Crippen molar-refractivity contribution in [2.24, 2.45) is 0 Å². The van der Waals surface area contributed by atoms with Gasteiger partial charge in [-0.3, -0.25) is 4.98 Å². The second-order valence-corrected chi connectivity index (χ2v) is 12.2. The highest BCUT2D eigenvalue weighted by Crippen LogP contribution is 2.39. The Labute approximate surface area is 294 Å². The van der Waals surface area contributed by atoms with E-state index in [4.69, 9.17) is 19.4 Å². The van der Waals surface area contributed by atoms with Crippen LogP contribution in [0.1, 0.15) is 5.56 Å². The van der Waals surface area contributed by atoms with E-state index in [1.54, 1.807) is 0 Å². The minimum atomic E-state index is 0.558. The largest absolute Gasteiger partial charge is 0.456 e. The fraction of sp³-hybridized carbons (Fsp3) is 0. The fourth-order valence-electron chi connectivity index (χ4n) is 6.52. The number of hydrogen-bond donors (Lipinski definition) is 0. The van der Waals surface area contributed by atoms with Gasteiger partial charge in [0.25, 0.3) is 0 Å². The van der Waals surface area contributed by atoms with Crippen LogP contribution in [0.3, 0.4) is 0 Å². The molecule has 0 unspecified atom stereocenters. The number of benzene rings is 6. The van der Waals surface area contributed by atoms with Crippen molar-refractivity contribution >= 4 is 21.9 Å². The summed E-state index contributed by atoms with van der Waals surface area (Å²) in [5.74, 6) is 1.72. The maximum Gasteiger partial charge on any atom is 0.164 e. The van der Waals surface area contributed by atoms with Gasteiger partial charge < -0.3 is 4.42 Å². The SMILES string of the molecule is N#Cc1ccc(-c2ccc(-c3nc(-c4ccccc4)nc(-c4ccc5c(c4)oc4cccc(-c6cccc(-c7ccncc7)c6)c45)n3)cc2)cc1. The lowest BCUT2D eigenvalue weighted by atomic mass is 9.96. The van der Waals surface area contributed by atoms with E-state index in [1.807, 2.05) is 122 Å². The maximum absolute atomic E-state index is 9.18. The van der Waals surface area contributed by atoms with Crippen molar-refractivity contribution < 1.29 is 4.42 Å². The van der Waals surface area contributed by atoms with Gasteiger partial charge in [-0.05, 0) is 81.9 Å². The molecule has 9 aromatic rings. The number of furan rings is 1. The van der Waals surface area contributed by atoms with Gasteiger partial charge in [-0.15, -0.1) is 0 Å². The highest BCUT2D eigenvalue weighted by Gasteiger charge is 2.17. The van der Waals surface area contributed by atoms with Crippen molar-refractivity contribution in [3.8, 4) is 73.6 Å². The van der Waals surface area contributed by atoms with Gasteiger partial charge in [0.2, 0.25) is 0 Å². The molecule has 0 bridgehead atoms. The predicted molar refractivity (Wildman–Crippen MR) is 202 cm³/mol. The van der Waals surface area contributed by atoms with E-state index >= 15 is 0 Å². The molecule has 0 fully saturated rings. The van der Waals surface area contributed by atoms with Crippen LogP contribution >= 0.6 is 0 Å². The molecule has 0 saturated heterocycles. The Balaban J connectivity index is 1.13. The number of nitriles is 1. The van der Waals surface area contributed by atoms with Gasteiger partial charge in [0.1, 0.15) is 11.2 Å². The molecule has 0 aliphatic rings. The summed E-state index contributed by atoms with van der Waals surface area (Å²) in [6.07, 6.45) is 3.63. The zero-order valence-corrected chi connectivity index (χ0v) is 27.2. The van der Waals surface area contributed by atoms with Crippen LogP contribution in [-0.2, 0) is 0 Å². The monoisotopic (exact) mass is 653 g/mol. The third-order valence-electron chi connectivity index (χ3n) is 9.10. The lowest BCUT2D eigenvalue weighted by Gasteiger charge is -2.09. The van der Waals surface area contributed by atoms with Crippen LogP contribution in [0.15, 0.2) is 168 Å². The highest BCUT2D eigenvalue weighted by molar-refractivity contribution is 6.13. The summed E-state index contributed by atoms with van der Waals surface area (Å²) in [5.41, 5.74) is 11.4. The second-order valence-electron chi connectivity index (χ2n) is 12.2. The summed E-state index contributed by atoms with van der Waals surface area (Å²) in [6, 6.07) is 52.8. The molecule has 51 heavy (non-hydrogen) atoms. The topological polar surface area (TPSA) is 88.5 Å². The first-order chi connectivity index (χ1) is 25.2. The van der Waals surface area contributed by atoms with Crippen LogP contribution in [0.4, 0.5) is 0 Å². The highest BCUT2D eigenvalue weighted by atomic mass is 16.3. The van der Waals surface area contributed by atoms with E-state index in [1.165, 1.54) is 0 Å². The summed E-state index contributed by atoms with van der Waals surface area (Å²) in [4.78, 5) is 19.0. The average Bonchev–Trinajstić information content (AvgIpc) is 3.60. The Morgan fingerprint density at radius 1 is 0.431 bits per heavy atom. The molecule has 0 saturated carbocycles. The zero-order chi connectivity index (χ0) is 34.1. The molecular weight excluding hydrogens is 627 g/mol. The zero-order valence-electron chi connectivity index (χ0n) is 27.2. The Bertz CT molecular complexity index is 2730. The minimum absolute atomic E-state index is 0.558. The van der Waals surface area contributed by atoms with Crippen molar-refractivity contribution in [3.05, 3.63) is 170 Å². The van der Waals surface area contributed by atoms with Gasteiger partial charge in [-0.25, -0.2) is 15.0 Å².